The highest BCUT2D eigenvalue weighted by atomic mass is 19.4. The second kappa shape index (κ2) is 7.60. The first-order chi connectivity index (χ1) is 9.73. The monoisotopic (exact) mass is 311 g/mol. The van der Waals surface area contributed by atoms with E-state index in [1.165, 1.54) is 6.42 Å². The molecule has 0 saturated carbocycles. The number of carboxylic acids is 1. The van der Waals surface area contributed by atoms with Crippen LogP contribution in [-0.4, -0.2) is 78.8 Å². The van der Waals surface area contributed by atoms with E-state index in [1.54, 1.807) is 0 Å². The molecule has 0 unspecified atom stereocenters. The smallest absolute Gasteiger partial charge is 0.475 e. The van der Waals surface area contributed by atoms with E-state index in [-0.39, 0.29) is 6.04 Å². The summed E-state index contributed by atoms with van der Waals surface area (Å²) < 4.78 is 31.7. The summed E-state index contributed by atoms with van der Waals surface area (Å²) in [5.41, 5.74) is 0. The second-order valence-corrected chi connectivity index (χ2v) is 5.02. The average Bonchev–Trinajstić information content (AvgIpc) is 2.85. The van der Waals surface area contributed by atoms with Gasteiger partial charge < -0.3 is 15.3 Å². The van der Waals surface area contributed by atoms with Crippen LogP contribution in [0.4, 0.5) is 13.2 Å². The van der Waals surface area contributed by atoms with Crippen LogP contribution >= 0.6 is 0 Å². The Kier molecular flexibility index (Phi) is 6.41. The summed E-state index contributed by atoms with van der Waals surface area (Å²) in [4.78, 5) is 25.2. The highest BCUT2D eigenvalue weighted by molar-refractivity contribution is 5.82. The summed E-state index contributed by atoms with van der Waals surface area (Å²) in [7, 11) is 2.05. The number of carboxylic acid groups (broad SMARTS) is 1. The molecular formula is C12H20F3N3O3. The first-order valence-electron chi connectivity index (χ1n) is 6.73. The molecule has 6 nitrogen and oxygen atoms in total. The zero-order chi connectivity index (χ0) is 16.0. The van der Waals surface area contributed by atoms with E-state index in [0.29, 0.717) is 5.91 Å². The summed E-state index contributed by atoms with van der Waals surface area (Å²) in [6, 6.07) is 0.160. The van der Waals surface area contributed by atoms with Gasteiger partial charge in [0.15, 0.2) is 0 Å². The molecule has 122 valence electrons. The molecule has 2 N–H and O–H groups in total. The van der Waals surface area contributed by atoms with Gasteiger partial charge in [-0.2, -0.15) is 13.2 Å². The van der Waals surface area contributed by atoms with Crippen molar-refractivity contribution in [3.8, 4) is 0 Å². The molecule has 2 saturated heterocycles. The molecule has 1 amide bonds. The number of aliphatic carboxylic acids is 1. The van der Waals surface area contributed by atoms with Crippen LogP contribution < -0.4 is 5.32 Å². The van der Waals surface area contributed by atoms with Crippen LogP contribution in [0, 0.1) is 0 Å². The quantitative estimate of drug-likeness (QED) is 0.721. The van der Waals surface area contributed by atoms with Crippen LogP contribution in [0.3, 0.4) is 0 Å². The molecule has 2 aliphatic rings. The molecule has 2 rings (SSSR count). The first-order valence-corrected chi connectivity index (χ1v) is 6.73. The SMILES string of the molecule is CN1CCC[C@@H]1C(=O)N1CCNCC1.O=C(O)C(F)(F)F. The molecule has 0 bridgehead atoms. The zero-order valence-corrected chi connectivity index (χ0v) is 11.8. The Hall–Kier alpha value is -1.35. The van der Waals surface area contributed by atoms with Crippen molar-refractivity contribution in [1.82, 2.24) is 15.1 Å². The summed E-state index contributed by atoms with van der Waals surface area (Å²) in [5.74, 6) is -2.42. The normalized spacial score (nSPS) is 23.4. The van der Waals surface area contributed by atoms with Gasteiger partial charge in [-0.05, 0) is 26.4 Å². The van der Waals surface area contributed by atoms with Gasteiger partial charge in [0.05, 0.1) is 6.04 Å². The van der Waals surface area contributed by atoms with Crippen LogP contribution in [0.1, 0.15) is 12.8 Å². The van der Waals surface area contributed by atoms with Gasteiger partial charge in [-0.25, -0.2) is 4.79 Å². The number of rotatable bonds is 1. The van der Waals surface area contributed by atoms with E-state index >= 15 is 0 Å². The minimum absolute atomic E-state index is 0.160. The van der Waals surface area contributed by atoms with Crippen molar-refractivity contribution in [1.29, 1.82) is 0 Å². The van der Waals surface area contributed by atoms with Gasteiger partial charge in [-0.1, -0.05) is 0 Å². The standard InChI is InChI=1S/C10H19N3O.C2HF3O2/c1-12-6-2-3-9(12)10(14)13-7-4-11-5-8-13;3-2(4,5)1(6)7/h9,11H,2-8H2,1H3;(H,6,7)/t9-;/m1./s1. The number of nitrogens with one attached hydrogen (secondary N) is 1. The maximum Gasteiger partial charge on any atom is 0.490 e. The predicted molar refractivity (Wildman–Crippen MR) is 68.8 cm³/mol. The van der Waals surface area contributed by atoms with Gasteiger partial charge in [0.2, 0.25) is 5.91 Å². The second-order valence-electron chi connectivity index (χ2n) is 5.02. The number of amides is 1. The van der Waals surface area contributed by atoms with Crippen molar-refractivity contribution in [2.45, 2.75) is 25.1 Å². The van der Waals surface area contributed by atoms with E-state index < -0.39 is 12.1 Å². The number of likely N-dealkylation sites (N-methyl/N-ethyl adjacent to an activating group) is 1. The first kappa shape index (κ1) is 17.7. The van der Waals surface area contributed by atoms with E-state index in [4.69, 9.17) is 9.90 Å². The van der Waals surface area contributed by atoms with Crippen LogP contribution in [0.5, 0.6) is 0 Å². The van der Waals surface area contributed by atoms with Gasteiger partial charge >= 0.3 is 12.1 Å². The van der Waals surface area contributed by atoms with Gasteiger partial charge in [-0.15, -0.1) is 0 Å². The number of halogens is 3. The topological polar surface area (TPSA) is 72.9 Å². The number of nitrogens with zero attached hydrogens (tertiary/aromatic N) is 2. The molecule has 0 aromatic heterocycles. The summed E-state index contributed by atoms with van der Waals surface area (Å²) in [6.07, 6.45) is -2.88. The molecule has 2 aliphatic heterocycles. The third kappa shape index (κ3) is 5.50. The molecule has 0 spiro atoms. The Morgan fingerprint density at radius 1 is 1.19 bits per heavy atom. The number of hydrogen-bond donors (Lipinski definition) is 2. The Morgan fingerprint density at radius 3 is 2.10 bits per heavy atom. The fraction of sp³-hybridized carbons (Fsp3) is 0.833. The van der Waals surface area contributed by atoms with Gasteiger partial charge in [0.25, 0.3) is 0 Å². The van der Waals surface area contributed by atoms with E-state index in [9.17, 15) is 18.0 Å². The summed E-state index contributed by atoms with van der Waals surface area (Å²) >= 11 is 0. The van der Waals surface area contributed by atoms with E-state index in [2.05, 4.69) is 17.3 Å². The molecule has 0 aromatic rings. The Balaban J connectivity index is 0.000000270. The Bertz CT molecular complexity index is 370. The van der Waals surface area contributed by atoms with E-state index in [1.807, 2.05) is 4.90 Å². The number of carbonyl (C=O) groups is 2. The summed E-state index contributed by atoms with van der Waals surface area (Å²) in [5, 5.41) is 10.4. The minimum atomic E-state index is -5.08. The number of alkyl halides is 3. The molecule has 2 fully saturated rings. The van der Waals surface area contributed by atoms with Crippen molar-refractivity contribution in [2.75, 3.05) is 39.8 Å². The fourth-order valence-corrected chi connectivity index (χ4v) is 2.32. The van der Waals surface area contributed by atoms with Crippen molar-refractivity contribution in [3.05, 3.63) is 0 Å². The maximum atomic E-state index is 12.1. The largest absolute Gasteiger partial charge is 0.490 e. The van der Waals surface area contributed by atoms with Crippen LogP contribution in [0.15, 0.2) is 0 Å². The average molecular weight is 311 g/mol. The van der Waals surface area contributed by atoms with Crippen molar-refractivity contribution < 1.29 is 27.9 Å². The van der Waals surface area contributed by atoms with Gasteiger partial charge in [-0.3, -0.25) is 9.69 Å². The lowest BCUT2D eigenvalue weighted by Crippen LogP contribution is -2.51. The third-order valence-electron chi connectivity index (χ3n) is 3.48. The van der Waals surface area contributed by atoms with Crippen molar-refractivity contribution in [3.63, 3.8) is 0 Å². The fourth-order valence-electron chi connectivity index (χ4n) is 2.32. The van der Waals surface area contributed by atoms with Crippen LogP contribution in [-0.2, 0) is 9.59 Å². The molecule has 0 aliphatic carbocycles. The highest BCUT2D eigenvalue weighted by Gasteiger charge is 2.38. The predicted octanol–water partition coefficient (Wildman–Crippen LogP) is 0.146. The lowest BCUT2D eigenvalue weighted by molar-refractivity contribution is -0.192. The molecule has 0 radical (unpaired) electrons. The number of piperazine rings is 1. The molecule has 21 heavy (non-hydrogen) atoms. The Labute approximate surface area is 120 Å². The Morgan fingerprint density at radius 2 is 1.71 bits per heavy atom. The third-order valence-corrected chi connectivity index (χ3v) is 3.48. The molecule has 9 heteroatoms. The zero-order valence-electron chi connectivity index (χ0n) is 11.8. The maximum absolute atomic E-state index is 12.1. The lowest BCUT2D eigenvalue weighted by atomic mass is 10.2. The lowest BCUT2D eigenvalue weighted by Gasteiger charge is -2.31. The molecule has 1 atom stereocenters. The van der Waals surface area contributed by atoms with Crippen molar-refractivity contribution in [2.24, 2.45) is 0 Å². The number of likely N-dealkylation sites (tertiary alicyclic amines) is 1. The molecule has 0 aromatic carbocycles. The van der Waals surface area contributed by atoms with Crippen LogP contribution in [0.25, 0.3) is 0 Å². The summed E-state index contributed by atoms with van der Waals surface area (Å²) in [6.45, 7) is 4.72. The number of carbonyl (C=O) groups excluding carboxylic acids is 1. The minimum Gasteiger partial charge on any atom is -0.475 e. The molecular weight excluding hydrogens is 291 g/mol. The number of hydrogen-bond acceptors (Lipinski definition) is 4. The van der Waals surface area contributed by atoms with Crippen molar-refractivity contribution >= 4 is 11.9 Å². The van der Waals surface area contributed by atoms with Crippen LogP contribution in [0.2, 0.25) is 0 Å². The highest BCUT2D eigenvalue weighted by Crippen LogP contribution is 2.17. The van der Waals surface area contributed by atoms with Gasteiger partial charge in [0.1, 0.15) is 0 Å². The molecule has 2 heterocycles. The van der Waals surface area contributed by atoms with Gasteiger partial charge in [0, 0.05) is 26.2 Å². The van der Waals surface area contributed by atoms with E-state index in [0.717, 1.165) is 39.1 Å².